The Morgan fingerprint density at radius 2 is 2.08 bits per heavy atom. The van der Waals surface area contributed by atoms with Crippen molar-refractivity contribution < 1.29 is 4.79 Å². The van der Waals surface area contributed by atoms with E-state index in [0.29, 0.717) is 11.9 Å². The first-order valence-corrected chi connectivity index (χ1v) is 9.03. The molecule has 0 saturated heterocycles. The van der Waals surface area contributed by atoms with Crippen molar-refractivity contribution in [3.05, 3.63) is 41.3 Å². The Balaban J connectivity index is 1.49. The van der Waals surface area contributed by atoms with Crippen LogP contribution in [0, 0.1) is 6.92 Å². The quantitative estimate of drug-likeness (QED) is 0.935. The van der Waals surface area contributed by atoms with E-state index < -0.39 is 0 Å². The van der Waals surface area contributed by atoms with Crippen molar-refractivity contribution in [2.75, 3.05) is 5.32 Å². The summed E-state index contributed by atoms with van der Waals surface area (Å²) in [6.07, 6.45) is 11.9. The summed E-state index contributed by atoms with van der Waals surface area (Å²) >= 11 is 0. The van der Waals surface area contributed by atoms with Crippen molar-refractivity contribution in [3.63, 3.8) is 0 Å². The second-order valence-electron chi connectivity index (χ2n) is 7.06. The Hall–Kier alpha value is -2.17. The third-order valence-corrected chi connectivity index (χ3v) is 5.38. The van der Waals surface area contributed by atoms with Crippen LogP contribution in [0.5, 0.6) is 0 Å². The molecule has 2 aliphatic rings. The average Bonchev–Trinajstić information content (AvgIpc) is 3.20. The van der Waals surface area contributed by atoms with Crippen LogP contribution in [0.15, 0.2) is 24.5 Å². The van der Waals surface area contributed by atoms with Crippen LogP contribution in [-0.2, 0) is 11.2 Å². The molecule has 1 saturated carbocycles. The first-order valence-electron chi connectivity index (χ1n) is 9.03. The fraction of sp³-hybridized carbons (Fsp3) is 0.526. The van der Waals surface area contributed by atoms with E-state index in [-0.39, 0.29) is 11.8 Å². The van der Waals surface area contributed by atoms with Gasteiger partial charge in [0.05, 0.1) is 17.7 Å². The Labute approximate surface area is 142 Å². The van der Waals surface area contributed by atoms with E-state index in [4.69, 9.17) is 0 Å². The molecule has 126 valence electrons. The summed E-state index contributed by atoms with van der Waals surface area (Å²) in [4.78, 5) is 17.1. The highest BCUT2D eigenvalue weighted by molar-refractivity contribution is 5.96. The summed E-state index contributed by atoms with van der Waals surface area (Å²) in [7, 11) is 0. The predicted octanol–water partition coefficient (Wildman–Crippen LogP) is 3.76. The van der Waals surface area contributed by atoms with E-state index in [2.05, 4.69) is 32.3 Å². The molecular weight excluding hydrogens is 300 g/mol. The van der Waals surface area contributed by atoms with Crippen molar-refractivity contribution in [1.82, 2.24) is 14.8 Å². The summed E-state index contributed by atoms with van der Waals surface area (Å²) in [5, 5.41) is 7.71. The minimum absolute atomic E-state index is 0.0180. The SMILES string of the molecule is Cc1cn(C2CCCCC2)nc1NC(=O)C1CCc2cccnc21. The number of amides is 1. The predicted molar refractivity (Wildman–Crippen MR) is 93.0 cm³/mol. The zero-order valence-electron chi connectivity index (χ0n) is 14.2. The van der Waals surface area contributed by atoms with Crippen molar-refractivity contribution in [1.29, 1.82) is 0 Å². The van der Waals surface area contributed by atoms with Gasteiger partial charge in [-0.2, -0.15) is 5.10 Å². The van der Waals surface area contributed by atoms with Crippen LogP contribution in [0.25, 0.3) is 0 Å². The van der Waals surface area contributed by atoms with Gasteiger partial charge in [0.1, 0.15) is 0 Å². The molecule has 1 fully saturated rings. The van der Waals surface area contributed by atoms with Crippen LogP contribution in [-0.4, -0.2) is 20.7 Å². The maximum absolute atomic E-state index is 12.7. The van der Waals surface area contributed by atoms with Gasteiger partial charge in [0.2, 0.25) is 5.91 Å². The highest BCUT2D eigenvalue weighted by atomic mass is 16.2. The molecule has 1 atom stereocenters. The number of hydrogen-bond donors (Lipinski definition) is 1. The topological polar surface area (TPSA) is 59.8 Å². The largest absolute Gasteiger partial charge is 0.308 e. The number of fused-ring (bicyclic) bond motifs is 1. The molecule has 24 heavy (non-hydrogen) atoms. The van der Waals surface area contributed by atoms with Gasteiger partial charge in [-0.25, -0.2) is 0 Å². The number of carbonyl (C=O) groups excluding carboxylic acids is 1. The molecule has 0 aromatic carbocycles. The molecule has 4 rings (SSSR count). The van der Waals surface area contributed by atoms with E-state index in [9.17, 15) is 4.79 Å². The summed E-state index contributed by atoms with van der Waals surface area (Å²) in [6.45, 7) is 2.02. The lowest BCUT2D eigenvalue weighted by Gasteiger charge is -2.21. The van der Waals surface area contributed by atoms with E-state index in [1.165, 1.54) is 37.7 Å². The molecule has 1 N–H and O–H groups in total. The first kappa shape index (κ1) is 15.4. The molecule has 2 heterocycles. The zero-order valence-corrected chi connectivity index (χ0v) is 14.2. The van der Waals surface area contributed by atoms with Gasteiger partial charge in [0, 0.05) is 18.0 Å². The summed E-state index contributed by atoms with van der Waals surface area (Å²) in [5.41, 5.74) is 3.16. The molecule has 5 nitrogen and oxygen atoms in total. The van der Waals surface area contributed by atoms with Crippen molar-refractivity contribution in [2.45, 2.75) is 63.8 Å². The number of carbonyl (C=O) groups is 1. The summed E-state index contributed by atoms with van der Waals surface area (Å²) in [5.74, 6) is 0.569. The number of nitrogens with one attached hydrogen (secondary N) is 1. The molecule has 0 bridgehead atoms. The molecule has 2 aliphatic carbocycles. The highest BCUT2D eigenvalue weighted by Crippen LogP contribution is 2.33. The fourth-order valence-electron chi connectivity index (χ4n) is 4.01. The lowest BCUT2D eigenvalue weighted by Crippen LogP contribution is -2.21. The van der Waals surface area contributed by atoms with Gasteiger partial charge >= 0.3 is 0 Å². The lowest BCUT2D eigenvalue weighted by molar-refractivity contribution is -0.117. The number of nitrogens with zero attached hydrogens (tertiary/aromatic N) is 3. The lowest BCUT2D eigenvalue weighted by atomic mass is 9.96. The first-order chi connectivity index (χ1) is 11.7. The van der Waals surface area contributed by atoms with Crippen LogP contribution < -0.4 is 5.32 Å². The van der Waals surface area contributed by atoms with Crippen molar-refractivity contribution in [3.8, 4) is 0 Å². The van der Waals surface area contributed by atoms with Gasteiger partial charge in [0.25, 0.3) is 0 Å². The summed E-state index contributed by atoms with van der Waals surface area (Å²) < 4.78 is 2.06. The summed E-state index contributed by atoms with van der Waals surface area (Å²) in [6, 6.07) is 4.49. The van der Waals surface area contributed by atoms with Gasteiger partial charge in [-0.15, -0.1) is 0 Å². The third-order valence-electron chi connectivity index (χ3n) is 5.38. The van der Waals surface area contributed by atoms with Crippen molar-refractivity contribution in [2.24, 2.45) is 0 Å². The number of aryl methyl sites for hydroxylation is 2. The van der Waals surface area contributed by atoms with E-state index >= 15 is 0 Å². The molecule has 0 radical (unpaired) electrons. The Bertz CT molecular complexity index is 746. The van der Waals surface area contributed by atoms with Gasteiger partial charge < -0.3 is 5.32 Å². The number of anilines is 1. The fourth-order valence-corrected chi connectivity index (χ4v) is 4.01. The number of pyridine rings is 1. The number of hydrogen-bond acceptors (Lipinski definition) is 3. The number of rotatable bonds is 3. The van der Waals surface area contributed by atoms with Crippen LogP contribution in [0.1, 0.15) is 67.3 Å². The molecule has 2 aromatic heterocycles. The minimum Gasteiger partial charge on any atom is -0.308 e. The Morgan fingerprint density at radius 3 is 2.92 bits per heavy atom. The Kier molecular flexibility index (Phi) is 4.08. The van der Waals surface area contributed by atoms with E-state index in [0.717, 1.165) is 24.1 Å². The molecule has 1 amide bonds. The molecule has 1 unspecified atom stereocenters. The maximum atomic E-state index is 12.7. The van der Waals surface area contributed by atoms with E-state index in [1.54, 1.807) is 6.20 Å². The molecule has 5 heteroatoms. The smallest absolute Gasteiger partial charge is 0.234 e. The highest BCUT2D eigenvalue weighted by Gasteiger charge is 2.30. The van der Waals surface area contributed by atoms with Crippen molar-refractivity contribution >= 4 is 11.7 Å². The minimum atomic E-state index is -0.152. The molecule has 0 spiro atoms. The third kappa shape index (κ3) is 2.83. The van der Waals surface area contributed by atoms with Crippen LogP contribution >= 0.6 is 0 Å². The van der Waals surface area contributed by atoms with Gasteiger partial charge in [-0.3, -0.25) is 14.5 Å². The van der Waals surface area contributed by atoms with Crippen LogP contribution in [0.4, 0.5) is 5.82 Å². The average molecular weight is 324 g/mol. The van der Waals surface area contributed by atoms with Gasteiger partial charge in [-0.05, 0) is 44.2 Å². The van der Waals surface area contributed by atoms with Gasteiger partial charge in [0.15, 0.2) is 5.82 Å². The second kappa shape index (κ2) is 6.38. The molecular formula is C19H24N4O. The zero-order chi connectivity index (χ0) is 16.5. The molecule has 2 aromatic rings. The second-order valence-corrected chi connectivity index (χ2v) is 7.06. The van der Waals surface area contributed by atoms with Crippen LogP contribution in [0.3, 0.4) is 0 Å². The molecule has 0 aliphatic heterocycles. The Morgan fingerprint density at radius 1 is 1.25 bits per heavy atom. The van der Waals surface area contributed by atoms with E-state index in [1.807, 2.05) is 13.0 Å². The van der Waals surface area contributed by atoms with Gasteiger partial charge in [-0.1, -0.05) is 25.3 Å². The normalized spacial score (nSPS) is 20.8. The maximum Gasteiger partial charge on any atom is 0.234 e. The standard InChI is InChI=1S/C19H24N4O/c1-13-12-23(15-7-3-2-4-8-15)22-18(13)21-19(24)16-10-9-14-6-5-11-20-17(14)16/h5-6,11-12,15-16H,2-4,7-10H2,1H3,(H,21,22,24). The number of aromatic nitrogens is 3. The monoisotopic (exact) mass is 324 g/mol. The van der Waals surface area contributed by atoms with Crippen LogP contribution in [0.2, 0.25) is 0 Å².